The van der Waals surface area contributed by atoms with Gasteiger partial charge in [-0.25, -0.2) is 0 Å². The maximum absolute atomic E-state index is 12.4. The van der Waals surface area contributed by atoms with E-state index in [1.807, 2.05) is 30.3 Å². The lowest BCUT2D eigenvalue weighted by Gasteiger charge is -2.10. The maximum Gasteiger partial charge on any atom is 0.255 e. The quantitative estimate of drug-likeness (QED) is 0.496. The zero-order valence-corrected chi connectivity index (χ0v) is 14.9. The lowest BCUT2D eigenvalue weighted by atomic mass is 9.99. The molecule has 130 valence electrons. The number of fused-ring (bicyclic) bond motifs is 1. The number of allylic oxidation sites excluding steroid dienone is 2. The van der Waals surface area contributed by atoms with Crippen LogP contribution in [0.2, 0.25) is 0 Å². The third-order valence-corrected chi connectivity index (χ3v) is 4.14. The molecule has 4 heteroatoms. The zero-order valence-electron chi connectivity index (χ0n) is 14.9. The summed E-state index contributed by atoms with van der Waals surface area (Å²) in [6, 6.07) is 11.7. The van der Waals surface area contributed by atoms with Gasteiger partial charge in [0, 0.05) is 16.6 Å². The normalized spacial score (nSPS) is 11.4. The van der Waals surface area contributed by atoms with Gasteiger partial charge >= 0.3 is 0 Å². The number of aromatic nitrogens is 1. The SMILES string of the molecule is C=C/C=C(\C(=C)C)C(=O)Nc1ccc(-c2cc3oncc3cc2C)cc1. The molecule has 0 atom stereocenters. The average molecular weight is 344 g/mol. The van der Waals surface area contributed by atoms with Crippen LogP contribution in [0, 0.1) is 6.92 Å². The monoisotopic (exact) mass is 344 g/mol. The lowest BCUT2D eigenvalue weighted by molar-refractivity contribution is -0.112. The first kappa shape index (κ1) is 17.4. The minimum Gasteiger partial charge on any atom is -0.356 e. The molecule has 0 spiro atoms. The molecule has 4 nitrogen and oxygen atoms in total. The van der Waals surface area contributed by atoms with Crippen molar-refractivity contribution in [3.63, 3.8) is 0 Å². The highest BCUT2D eigenvalue weighted by atomic mass is 16.5. The Morgan fingerprint density at radius 3 is 2.62 bits per heavy atom. The van der Waals surface area contributed by atoms with Gasteiger partial charge in [0.25, 0.3) is 5.91 Å². The van der Waals surface area contributed by atoms with Crippen LogP contribution in [0.15, 0.2) is 83.6 Å². The van der Waals surface area contributed by atoms with Crippen molar-refractivity contribution in [1.29, 1.82) is 0 Å². The van der Waals surface area contributed by atoms with Crippen molar-refractivity contribution < 1.29 is 9.32 Å². The lowest BCUT2D eigenvalue weighted by Crippen LogP contribution is -2.14. The number of hydrogen-bond donors (Lipinski definition) is 1. The summed E-state index contributed by atoms with van der Waals surface area (Å²) < 4.78 is 5.25. The number of carbonyl (C=O) groups is 1. The summed E-state index contributed by atoms with van der Waals surface area (Å²) in [6.07, 6.45) is 4.94. The molecule has 1 aromatic heterocycles. The molecule has 1 heterocycles. The molecule has 0 saturated carbocycles. The van der Waals surface area contributed by atoms with Crippen LogP contribution in [0.3, 0.4) is 0 Å². The minimum absolute atomic E-state index is 0.204. The van der Waals surface area contributed by atoms with Crippen molar-refractivity contribution >= 4 is 22.6 Å². The Balaban J connectivity index is 1.85. The maximum atomic E-state index is 12.4. The van der Waals surface area contributed by atoms with Gasteiger partial charge in [0.05, 0.1) is 6.20 Å². The molecule has 0 bridgehead atoms. The van der Waals surface area contributed by atoms with Gasteiger partial charge in [0.2, 0.25) is 0 Å². The van der Waals surface area contributed by atoms with Crippen molar-refractivity contribution in [2.45, 2.75) is 13.8 Å². The Morgan fingerprint density at radius 2 is 1.96 bits per heavy atom. The van der Waals surface area contributed by atoms with E-state index >= 15 is 0 Å². The Morgan fingerprint density at radius 1 is 1.23 bits per heavy atom. The third-order valence-electron chi connectivity index (χ3n) is 4.14. The standard InChI is InChI=1S/C22H20N2O2/c1-5-6-19(14(2)3)22(25)24-18-9-7-16(8-10-18)20-12-21-17(11-15(20)4)13-23-26-21/h5-13H,1-2H2,3-4H3,(H,24,25)/b19-6+. The Labute approximate surface area is 152 Å². The Bertz CT molecular complexity index is 1020. The van der Waals surface area contributed by atoms with Gasteiger partial charge in [-0.15, -0.1) is 0 Å². The first-order chi connectivity index (χ1) is 12.5. The van der Waals surface area contributed by atoms with Crippen molar-refractivity contribution in [3.8, 4) is 11.1 Å². The van der Waals surface area contributed by atoms with E-state index in [0.29, 0.717) is 16.8 Å². The topological polar surface area (TPSA) is 55.1 Å². The number of anilines is 1. The predicted octanol–water partition coefficient (Wildman–Crippen LogP) is 5.43. The second kappa shape index (κ2) is 7.23. The van der Waals surface area contributed by atoms with Crippen LogP contribution in [-0.2, 0) is 4.79 Å². The molecule has 0 aliphatic heterocycles. The minimum atomic E-state index is -0.204. The zero-order chi connectivity index (χ0) is 18.7. The van der Waals surface area contributed by atoms with E-state index in [-0.39, 0.29) is 5.91 Å². The van der Waals surface area contributed by atoms with Crippen molar-refractivity contribution in [3.05, 3.63) is 84.6 Å². The van der Waals surface area contributed by atoms with E-state index in [1.54, 1.807) is 25.3 Å². The predicted molar refractivity (Wildman–Crippen MR) is 106 cm³/mol. The van der Waals surface area contributed by atoms with Gasteiger partial charge in [-0.2, -0.15) is 0 Å². The fourth-order valence-electron chi connectivity index (χ4n) is 2.80. The summed E-state index contributed by atoms with van der Waals surface area (Å²) in [4.78, 5) is 12.4. The molecule has 3 aromatic rings. The molecular formula is C22H20N2O2. The first-order valence-corrected chi connectivity index (χ1v) is 8.25. The van der Waals surface area contributed by atoms with Crippen molar-refractivity contribution in [2.75, 3.05) is 5.32 Å². The molecule has 0 radical (unpaired) electrons. The third kappa shape index (κ3) is 3.49. The molecule has 0 aliphatic carbocycles. The number of carbonyl (C=O) groups excluding carboxylic acids is 1. The van der Waals surface area contributed by atoms with Crippen LogP contribution in [-0.4, -0.2) is 11.1 Å². The van der Waals surface area contributed by atoms with Gasteiger partial charge < -0.3 is 9.84 Å². The van der Waals surface area contributed by atoms with Crippen molar-refractivity contribution in [1.82, 2.24) is 5.16 Å². The van der Waals surface area contributed by atoms with E-state index in [0.717, 1.165) is 27.7 Å². The summed E-state index contributed by atoms with van der Waals surface area (Å²) in [5.41, 5.74) is 5.92. The van der Waals surface area contributed by atoms with Crippen LogP contribution in [0.4, 0.5) is 5.69 Å². The molecule has 0 unspecified atom stereocenters. The number of nitrogens with zero attached hydrogens (tertiary/aromatic N) is 1. The summed E-state index contributed by atoms with van der Waals surface area (Å²) in [5, 5.41) is 7.69. The van der Waals surface area contributed by atoms with E-state index in [2.05, 4.69) is 36.6 Å². The summed E-state index contributed by atoms with van der Waals surface area (Å²) >= 11 is 0. The van der Waals surface area contributed by atoms with Gasteiger partial charge in [0.15, 0.2) is 5.58 Å². The number of benzene rings is 2. The number of nitrogens with one attached hydrogen (secondary N) is 1. The van der Waals surface area contributed by atoms with E-state index in [9.17, 15) is 4.79 Å². The molecule has 0 aliphatic rings. The molecule has 0 saturated heterocycles. The molecule has 1 amide bonds. The van der Waals surface area contributed by atoms with E-state index in [4.69, 9.17) is 4.52 Å². The number of aryl methyl sites for hydroxylation is 1. The van der Waals surface area contributed by atoms with Gasteiger partial charge in [-0.05, 0) is 66.5 Å². The second-order valence-corrected chi connectivity index (χ2v) is 6.16. The van der Waals surface area contributed by atoms with Crippen LogP contribution < -0.4 is 5.32 Å². The summed E-state index contributed by atoms with van der Waals surface area (Å²) in [6.45, 7) is 11.3. The van der Waals surface area contributed by atoms with Gasteiger partial charge in [-0.3, -0.25) is 4.79 Å². The van der Waals surface area contributed by atoms with Gasteiger partial charge in [0.1, 0.15) is 0 Å². The average Bonchev–Trinajstić information content (AvgIpc) is 3.06. The molecule has 3 rings (SSSR count). The van der Waals surface area contributed by atoms with E-state index < -0.39 is 0 Å². The summed E-state index contributed by atoms with van der Waals surface area (Å²) in [7, 11) is 0. The molecule has 26 heavy (non-hydrogen) atoms. The first-order valence-electron chi connectivity index (χ1n) is 8.25. The van der Waals surface area contributed by atoms with Crippen LogP contribution in [0.25, 0.3) is 22.1 Å². The fourth-order valence-corrected chi connectivity index (χ4v) is 2.80. The van der Waals surface area contributed by atoms with Crippen LogP contribution in [0.1, 0.15) is 12.5 Å². The fraction of sp³-hybridized carbons (Fsp3) is 0.0909. The highest BCUT2D eigenvalue weighted by molar-refractivity contribution is 6.07. The second-order valence-electron chi connectivity index (χ2n) is 6.16. The summed E-state index contributed by atoms with van der Waals surface area (Å²) in [5.74, 6) is -0.204. The Hall–Kier alpha value is -3.40. The Kier molecular flexibility index (Phi) is 4.85. The van der Waals surface area contributed by atoms with Crippen LogP contribution >= 0.6 is 0 Å². The number of rotatable bonds is 5. The van der Waals surface area contributed by atoms with Crippen LogP contribution in [0.5, 0.6) is 0 Å². The largest absolute Gasteiger partial charge is 0.356 e. The van der Waals surface area contributed by atoms with Gasteiger partial charge in [-0.1, -0.05) is 36.5 Å². The van der Waals surface area contributed by atoms with E-state index in [1.165, 1.54) is 0 Å². The highest BCUT2D eigenvalue weighted by Crippen LogP contribution is 2.29. The molecule has 0 fully saturated rings. The van der Waals surface area contributed by atoms with Crippen molar-refractivity contribution in [2.24, 2.45) is 0 Å². The number of amides is 1. The molecular weight excluding hydrogens is 324 g/mol. The molecule has 1 N–H and O–H groups in total. The number of hydrogen-bond acceptors (Lipinski definition) is 3. The smallest absolute Gasteiger partial charge is 0.255 e. The highest BCUT2D eigenvalue weighted by Gasteiger charge is 2.11. The molecule has 2 aromatic carbocycles.